The lowest BCUT2D eigenvalue weighted by atomic mass is 10.3. The van der Waals surface area contributed by atoms with Crippen LogP contribution in [0.25, 0.3) is 0 Å². The minimum atomic E-state index is -4.46. The summed E-state index contributed by atoms with van der Waals surface area (Å²) in [6, 6.07) is 6.90. The van der Waals surface area contributed by atoms with E-state index in [1.165, 1.54) is 18.2 Å². The van der Waals surface area contributed by atoms with Crippen molar-refractivity contribution in [1.82, 2.24) is 0 Å². The van der Waals surface area contributed by atoms with E-state index in [0.29, 0.717) is 0 Å². The Morgan fingerprint density at radius 3 is 2.26 bits per heavy atom. The lowest BCUT2D eigenvalue weighted by Crippen LogP contribution is -2.14. The van der Waals surface area contributed by atoms with Crippen molar-refractivity contribution in [3.63, 3.8) is 0 Å². The number of nitrogen functional groups attached to an aromatic ring is 1. The summed E-state index contributed by atoms with van der Waals surface area (Å²) in [5.74, 6) is 0. The molecule has 0 fully saturated rings. The van der Waals surface area contributed by atoms with Gasteiger partial charge in [0, 0.05) is 0 Å². The summed E-state index contributed by atoms with van der Waals surface area (Å²) in [7, 11) is -8.61. The predicted octanol–water partition coefficient (Wildman–Crippen LogP) is 2.62. The van der Waals surface area contributed by atoms with Crippen molar-refractivity contribution in [3.8, 4) is 0 Å². The second-order valence-corrected chi connectivity index (χ2v) is 8.30. The molecule has 0 aromatic heterocycles. The predicted molar refractivity (Wildman–Crippen MR) is 87.9 cm³/mol. The van der Waals surface area contributed by atoms with Gasteiger partial charge in [-0.15, -0.1) is 0 Å². The van der Waals surface area contributed by atoms with Gasteiger partial charge in [0.15, 0.2) is 0 Å². The molecule has 11 heteroatoms. The Hall–Kier alpha value is -1.52. The maximum absolute atomic E-state index is 12.3. The number of hydrogen-bond donors (Lipinski definition) is 3. The summed E-state index contributed by atoms with van der Waals surface area (Å²) in [6.07, 6.45) is 0. The average molecular weight is 397 g/mol. The number of nitrogens with one attached hydrogen (secondary N) is 1. The van der Waals surface area contributed by atoms with Crippen LogP contribution in [0, 0.1) is 0 Å². The Labute approximate surface area is 142 Å². The number of hydrogen-bond acceptors (Lipinski definition) is 5. The lowest BCUT2D eigenvalue weighted by molar-refractivity contribution is 0.483. The molecular weight excluding hydrogens is 387 g/mol. The van der Waals surface area contributed by atoms with E-state index in [1.54, 1.807) is 0 Å². The van der Waals surface area contributed by atoms with Crippen LogP contribution in [0.4, 0.5) is 11.4 Å². The van der Waals surface area contributed by atoms with Gasteiger partial charge >= 0.3 is 0 Å². The third kappa shape index (κ3) is 4.06. The number of halogens is 2. The molecule has 7 nitrogen and oxygen atoms in total. The molecule has 0 bridgehead atoms. The normalized spacial score (nSPS) is 12.1. The monoisotopic (exact) mass is 396 g/mol. The van der Waals surface area contributed by atoms with Crippen molar-refractivity contribution in [2.24, 2.45) is 0 Å². The molecule has 0 amide bonds. The van der Waals surface area contributed by atoms with Crippen LogP contribution in [0.1, 0.15) is 0 Å². The first-order chi connectivity index (χ1) is 10.5. The zero-order valence-electron chi connectivity index (χ0n) is 11.2. The molecule has 23 heavy (non-hydrogen) atoms. The largest absolute Gasteiger partial charge is 0.397 e. The van der Waals surface area contributed by atoms with E-state index in [4.69, 9.17) is 33.5 Å². The van der Waals surface area contributed by atoms with E-state index >= 15 is 0 Å². The third-order valence-electron chi connectivity index (χ3n) is 2.72. The maximum Gasteiger partial charge on any atom is 0.294 e. The molecule has 0 aliphatic heterocycles. The minimum absolute atomic E-state index is 0.00135. The standard InChI is InChI=1S/C12H10Cl2N2O5S2/c13-9-6-12(10(14)5-11(9)15)22(17,18)16-7-2-1-3-8(4-7)23(19,20)21/h1-6,16H,15H2,(H,19,20,21). The van der Waals surface area contributed by atoms with E-state index in [9.17, 15) is 16.8 Å². The Morgan fingerprint density at radius 2 is 1.65 bits per heavy atom. The first kappa shape index (κ1) is 17.8. The van der Waals surface area contributed by atoms with Crippen molar-refractivity contribution < 1.29 is 21.4 Å². The molecule has 0 aliphatic carbocycles. The highest BCUT2D eigenvalue weighted by atomic mass is 35.5. The molecule has 0 spiro atoms. The van der Waals surface area contributed by atoms with Gasteiger partial charge in [0.1, 0.15) is 4.90 Å². The zero-order chi connectivity index (χ0) is 17.4. The van der Waals surface area contributed by atoms with Crippen LogP contribution < -0.4 is 10.5 Å². The van der Waals surface area contributed by atoms with Gasteiger partial charge in [0.2, 0.25) is 0 Å². The van der Waals surface area contributed by atoms with E-state index in [0.717, 1.165) is 18.2 Å². The molecule has 0 radical (unpaired) electrons. The van der Waals surface area contributed by atoms with Crippen LogP contribution in [0.2, 0.25) is 10.0 Å². The first-order valence-electron chi connectivity index (χ1n) is 5.85. The fourth-order valence-electron chi connectivity index (χ4n) is 1.68. The van der Waals surface area contributed by atoms with Crippen LogP contribution in [0.15, 0.2) is 46.2 Å². The number of sulfonamides is 1. The summed E-state index contributed by atoms with van der Waals surface area (Å²) in [4.78, 5) is -0.783. The number of anilines is 2. The number of rotatable bonds is 4. The molecule has 4 N–H and O–H groups in total. The van der Waals surface area contributed by atoms with Gasteiger partial charge in [-0.2, -0.15) is 8.42 Å². The molecule has 2 rings (SSSR count). The summed E-state index contributed by atoms with van der Waals surface area (Å²) < 4.78 is 58.0. The van der Waals surface area contributed by atoms with Crippen molar-refractivity contribution in [3.05, 3.63) is 46.4 Å². The van der Waals surface area contributed by atoms with Crippen molar-refractivity contribution in [2.75, 3.05) is 10.5 Å². The molecule has 0 saturated heterocycles. The second-order valence-electron chi connectivity index (χ2n) is 4.41. The Kier molecular flexibility index (Phi) is 4.79. The Bertz CT molecular complexity index is 975. The molecule has 2 aromatic rings. The lowest BCUT2D eigenvalue weighted by Gasteiger charge is -2.11. The first-order valence-corrected chi connectivity index (χ1v) is 9.53. The molecule has 2 aromatic carbocycles. The van der Waals surface area contributed by atoms with Gasteiger partial charge in [-0.25, -0.2) is 8.42 Å². The van der Waals surface area contributed by atoms with Crippen LogP contribution in [0.3, 0.4) is 0 Å². The van der Waals surface area contributed by atoms with Crippen molar-refractivity contribution >= 4 is 54.7 Å². The van der Waals surface area contributed by atoms with Crippen molar-refractivity contribution in [1.29, 1.82) is 0 Å². The average Bonchev–Trinajstić information content (AvgIpc) is 2.41. The van der Waals surface area contributed by atoms with Gasteiger partial charge < -0.3 is 5.73 Å². The Morgan fingerprint density at radius 1 is 1.00 bits per heavy atom. The summed E-state index contributed by atoms with van der Waals surface area (Å²) in [5, 5.41) is -0.146. The summed E-state index contributed by atoms with van der Waals surface area (Å²) >= 11 is 11.7. The third-order valence-corrected chi connectivity index (χ3v) is 5.75. The van der Waals surface area contributed by atoms with Gasteiger partial charge in [0.25, 0.3) is 20.1 Å². The minimum Gasteiger partial charge on any atom is -0.397 e. The van der Waals surface area contributed by atoms with Gasteiger partial charge in [-0.1, -0.05) is 29.3 Å². The topological polar surface area (TPSA) is 127 Å². The van der Waals surface area contributed by atoms with Crippen LogP contribution >= 0.6 is 23.2 Å². The molecule has 0 aliphatic rings. The number of benzene rings is 2. The van der Waals surface area contributed by atoms with Gasteiger partial charge in [-0.3, -0.25) is 9.27 Å². The zero-order valence-corrected chi connectivity index (χ0v) is 14.3. The van der Waals surface area contributed by atoms with Crippen molar-refractivity contribution in [2.45, 2.75) is 9.79 Å². The molecule has 0 heterocycles. The van der Waals surface area contributed by atoms with E-state index in [1.807, 2.05) is 0 Å². The fraction of sp³-hybridized carbons (Fsp3) is 0. The highest BCUT2D eigenvalue weighted by Gasteiger charge is 2.21. The maximum atomic E-state index is 12.3. The summed E-state index contributed by atoms with van der Waals surface area (Å²) in [6.45, 7) is 0. The smallest absolute Gasteiger partial charge is 0.294 e. The highest BCUT2D eigenvalue weighted by molar-refractivity contribution is 7.92. The summed E-state index contributed by atoms with van der Waals surface area (Å²) in [5.41, 5.74) is 5.56. The van der Waals surface area contributed by atoms with Crippen LogP contribution in [0.5, 0.6) is 0 Å². The van der Waals surface area contributed by atoms with Crippen LogP contribution in [-0.2, 0) is 20.1 Å². The molecule has 0 atom stereocenters. The molecule has 124 valence electrons. The molecule has 0 saturated carbocycles. The second kappa shape index (κ2) is 6.17. The molecule has 0 unspecified atom stereocenters. The fourth-order valence-corrected chi connectivity index (χ4v) is 4.05. The highest BCUT2D eigenvalue weighted by Crippen LogP contribution is 2.31. The van der Waals surface area contributed by atoms with Gasteiger partial charge in [0.05, 0.1) is 26.3 Å². The SMILES string of the molecule is Nc1cc(Cl)c(S(=O)(=O)Nc2cccc(S(=O)(=O)O)c2)cc1Cl. The Balaban J connectivity index is 2.46. The van der Waals surface area contributed by atoms with E-state index in [-0.39, 0.29) is 26.3 Å². The van der Waals surface area contributed by atoms with Crippen LogP contribution in [-0.4, -0.2) is 21.4 Å². The number of nitrogens with two attached hydrogens (primary N) is 1. The quantitative estimate of drug-likeness (QED) is 0.538. The van der Waals surface area contributed by atoms with Gasteiger partial charge in [-0.05, 0) is 30.3 Å². The van der Waals surface area contributed by atoms with E-state index < -0.39 is 25.0 Å². The molecular formula is C12H10Cl2N2O5S2. The van der Waals surface area contributed by atoms with E-state index in [2.05, 4.69) is 4.72 Å².